The number of benzene rings is 3. The molecule has 0 unspecified atom stereocenters. The molecule has 0 spiro atoms. The highest BCUT2D eigenvalue weighted by molar-refractivity contribution is 7.92. The maximum absolute atomic E-state index is 13.0. The molecule has 0 aliphatic heterocycles. The third kappa shape index (κ3) is 5.66. The quantitative estimate of drug-likeness (QED) is 0.221. The van der Waals surface area contributed by atoms with Crippen molar-refractivity contribution in [3.8, 4) is 17.2 Å². The van der Waals surface area contributed by atoms with E-state index >= 15 is 0 Å². The lowest BCUT2D eigenvalue weighted by Gasteiger charge is -2.12. The molecular formula is C21H19ClN4O7S. The molecule has 3 aromatic rings. The number of nitro groups is 1. The number of rotatable bonds is 9. The molecule has 13 heteroatoms. The summed E-state index contributed by atoms with van der Waals surface area (Å²) in [6.45, 7) is 0. The summed E-state index contributed by atoms with van der Waals surface area (Å²) in [5.41, 5.74) is 2.83. The Morgan fingerprint density at radius 3 is 2.24 bits per heavy atom. The topological polar surface area (TPSA) is 152 Å². The molecule has 3 rings (SSSR count). The lowest BCUT2D eigenvalue weighted by molar-refractivity contribution is -0.385. The molecule has 0 heterocycles. The summed E-state index contributed by atoms with van der Waals surface area (Å²) in [6.07, 6.45) is 1.33. The minimum Gasteiger partial charge on any atom is -0.502 e. The molecule has 3 aromatic carbocycles. The number of methoxy groups -OCH3 is 2. The van der Waals surface area contributed by atoms with Gasteiger partial charge in [-0.3, -0.25) is 20.3 Å². The van der Waals surface area contributed by atoms with Crippen molar-refractivity contribution >= 4 is 44.9 Å². The van der Waals surface area contributed by atoms with Crippen molar-refractivity contribution in [1.82, 2.24) is 0 Å². The first kappa shape index (κ1) is 24.6. The van der Waals surface area contributed by atoms with Gasteiger partial charge in [0, 0.05) is 28.4 Å². The van der Waals surface area contributed by atoms with Gasteiger partial charge in [0.25, 0.3) is 15.7 Å². The molecule has 178 valence electrons. The van der Waals surface area contributed by atoms with E-state index in [9.17, 15) is 23.6 Å². The number of phenols is 1. The first-order chi connectivity index (χ1) is 16.1. The lowest BCUT2D eigenvalue weighted by atomic mass is 10.2. The van der Waals surface area contributed by atoms with Crippen molar-refractivity contribution in [2.75, 3.05) is 24.4 Å². The molecule has 0 bridgehead atoms. The molecule has 11 nitrogen and oxygen atoms in total. The van der Waals surface area contributed by atoms with Gasteiger partial charge in [-0.2, -0.15) is 5.10 Å². The van der Waals surface area contributed by atoms with E-state index in [4.69, 9.17) is 21.1 Å². The van der Waals surface area contributed by atoms with Crippen LogP contribution in [0.4, 0.5) is 17.1 Å². The van der Waals surface area contributed by atoms with Crippen LogP contribution in [-0.2, 0) is 10.0 Å². The number of nitrogens with one attached hydrogen (secondary N) is 2. The van der Waals surface area contributed by atoms with Gasteiger partial charge in [0.1, 0.15) is 4.90 Å². The number of nitrogens with zero attached hydrogens (tertiary/aromatic N) is 2. The first-order valence-corrected chi connectivity index (χ1v) is 11.3. The second-order valence-electron chi connectivity index (χ2n) is 6.69. The summed E-state index contributed by atoms with van der Waals surface area (Å²) < 4.78 is 38.5. The average molecular weight is 507 g/mol. The first-order valence-electron chi connectivity index (χ1n) is 9.45. The smallest absolute Gasteiger partial charge is 0.270 e. The fourth-order valence-electron chi connectivity index (χ4n) is 2.83. The van der Waals surface area contributed by atoms with Crippen LogP contribution in [-0.4, -0.2) is 38.9 Å². The van der Waals surface area contributed by atoms with Crippen molar-refractivity contribution in [1.29, 1.82) is 0 Å². The zero-order chi connectivity index (χ0) is 24.9. The number of halogens is 1. The molecule has 0 saturated heterocycles. The normalized spacial score (nSPS) is 11.3. The van der Waals surface area contributed by atoms with E-state index in [1.807, 2.05) is 0 Å². The molecule has 0 aliphatic carbocycles. The number of hydrogen-bond donors (Lipinski definition) is 3. The van der Waals surface area contributed by atoms with E-state index in [1.54, 1.807) is 0 Å². The Labute approximate surface area is 199 Å². The number of ether oxygens (including phenoxy) is 2. The summed E-state index contributed by atoms with van der Waals surface area (Å²) >= 11 is 5.83. The van der Waals surface area contributed by atoms with Gasteiger partial charge in [-0.25, -0.2) is 8.42 Å². The van der Waals surface area contributed by atoms with Crippen LogP contribution in [0.2, 0.25) is 5.02 Å². The van der Waals surface area contributed by atoms with Gasteiger partial charge in [0.05, 0.1) is 31.0 Å². The third-order valence-electron chi connectivity index (χ3n) is 4.46. The fourth-order valence-corrected chi connectivity index (χ4v) is 4.19. The van der Waals surface area contributed by atoms with Crippen molar-refractivity contribution in [2.24, 2.45) is 5.10 Å². The molecule has 0 radical (unpaired) electrons. The van der Waals surface area contributed by atoms with Crippen LogP contribution in [0.5, 0.6) is 17.2 Å². The van der Waals surface area contributed by atoms with E-state index in [2.05, 4.69) is 15.2 Å². The van der Waals surface area contributed by atoms with Gasteiger partial charge >= 0.3 is 0 Å². The van der Waals surface area contributed by atoms with Crippen molar-refractivity contribution in [3.05, 3.63) is 75.3 Å². The van der Waals surface area contributed by atoms with Crippen LogP contribution in [0.15, 0.2) is 64.6 Å². The third-order valence-corrected chi connectivity index (χ3v) is 6.14. The zero-order valence-electron chi connectivity index (χ0n) is 17.9. The number of hydrogen-bond acceptors (Lipinski definition) is 9. The SMILES string of the molecule is COc1cc(/C=N/Nc2ccc([N+](=O)[O-])cc2S(=O)(=O)Nc2ccc(Cl)cc2)cc(OC)c1O. The van der Waals surface area contributed by atoms with Gasteiger partial charge in [-0.1, -0.05) is 11.6 Å². The minimum atomic E-state index is -4.24. The highest BCUT2D eigenvalue weighted by atomic mass is 35.5. The summed E-state index contributed by atoms with van der Waals surface area (Å²) in [5.74, 6) is 0.102. The molecule has 0 fully saturated rings. The standard InChI is InChI=1S/C21H19ClN4O7S/c1-32-18-9-13(10-19(33-2)21(18)27)12-23-24-17-8-7-16(26(28)29)11-20(17)34(30,31)25-15-5-3-14(22)4-6-15/h3-12,24-25,27H,1-2H3/b23-12+. The second kappa shape index (κ2) is 10.3. The van der Waals surface area contributed by atoms with Crippen LogP contribution in [0.25, 0.3) is 0 Å². The Bertz CT molecular complexity index is 1320. The molecule has 0 saturated carbocycles. The van der Waals surface area contributed by atoms with E-state index in [1.165, 1.54) is 62.9 Å². The van der Waals surface area contributed by atoms with E-state index in [-0.39, 0.29) is 28.6 Å². The Morgan fingerprint density at radius 2 is 1.68 bits per heavy atom. The molecule has 0 amide bonds. The largest absolute Gasteiger partial charge is 0.502 e. The van der Waals surface area contributed by atoms with E-state index in [0.717, 1.165) is 12.1 Å². The van der Waals surface area contributed by atoms with Crippen LogP contribution in [0.3, 0.4) is 0 Å². The van der Waals surface area contributed by atoms with Gasteiger partial charge in [0.15, 0.2) is 11.5 Å². The molecule has 34 heavy (non-hydrogen) atoms. The van der Waals surface area contributed by atoms with Crippen molar-refractivity contribution in [2.45, 2.75) is 4.90 Å². The number of aromatic hydroxyl groups is 1. The Hall–Kier alpha value is -4.03. The van der Waals surface area contributed by atoms with Crippen LogP contribution in [0.1, 0.15) is 5.56 Å². The second-order valence-corrected chi connectivity index (χ2v) is 8.78. The molecular weight excluding hydrogens is 488 g/mol. The van der Waals surface area contributed by atoms with Crippen LogP contribution in [0, 0.1) is 10.1 Å². The number of hydrazone groups is 1. The predicted octanol–water partition coefficient (Wildman–Crippen LogP) is 4.22. The number of nitro benzene ring substituents is 1. The summed E-state index contributed by atoms with van der Waals surface area (Å²) in [5, 5.41) is 25.6. The maximum Gasteiger partial charge on any atom is 0.270 e. The molecule has 0 aromatic heterocycles. The monoisotopic (exact) mass is 506 g/mol. The summed E-state index contributed by atoms with van der Waals surface area (Å²) in [7, 11) is -1.50. The van der Waals surface area contributed by atoms with Crippen molar-refractivity contribution in [3.63, 3.8) is 0 Å². The molecule has 0 atom stereocenters. The highest BCUT2D eigenvalue weighted by Crippen LogP contribution is 2.36. The van der Waals surface area contributed by atoms with Crippen molar-refractivity contribution < 1.29 is 27.9 Å². The Kier molecular flexibility index (Phi) is 7.44. The number of non-ortho nitro benzene ring substituents is 1. The lowest BCUT2D eigenvalue weighted by Crippen LogP contribution is -2.15. The fraction of sp³-hybridized carbons (Fsp3) is 0.0952. The highest BCUT2D eigenvalue weighted by Gasteiger charge is 2.23. The Morgan fingerprint density at radius 1 is 1.06 bits per heavy atom. The molecule has 0 aliphatic rings. The minimum absolute atomic E-state index is 0.0129. The Balaban J connectivity index is 1.94. The average Bonchev–Trinajstić information content (AvgIpc) is 2.81. The summed E-state index contributed by atoms with van der Waals surface area (Å²) in [4.78, 5) is 10.1. The zero-order valence-corrected chi connectivity index (χ0v) is 19.4. The number of anilines is 2. The maximum atomic E-state index is 13.0. The van der Waals surface area contributed by atoms with Crippen LogP contribution >= 0.6 is 11.6 Å². The summed E-state index contributed by atoms with van der Waals surface area (Å²) in [6, 6.07) is 12.2. The van der Waals surface area contributed by atoms with Gasteiger partial charge in [-0.15, -0.1) is 0 Å². The van der Waals surface area contributed by atoms with Gasteiger partial charge in [0.2, 0.25) is 5.75 Å². The number of phenolic OH excluding ortho intramolecular Hbond substituents is 1. The van der Waals surface area contributed by atoms with E-state index in [0.29, 0.717) is 10.6 Å². The van der Waals surface area contributed by atoms with Gasteiger partial charge < -0.3 is 14.6 Å². The number of sulfonamides is 1. The predicted molar refractivity (Wildman–Crippen MR) is 128 cm³/mol. The molecule has 3 N–H and O–H groups in total. The van der Waals surface area contributed by atoms with Gasteiger partial charge in [-0.05, 0) is 42.5 Å². The van der Waals surface area contributed by atoms with Crippen LogP contribution < -0.4 is 19.6 Å². The van der Waals surface area contributed by atoms with E-state index < -0.39 is 25.5 Å².